The van der Waals surface area contributed by atoms with Gasteiger partial charge in [-0.2, -0.15) is 5.26 Å². The molecule has 0 radical (unpaired) electrons. The average molecular weight is 391 g/mol. The van der Waals surface area contributed by atoms with Crippen molar-refractivity contribution >= 4 is 40.8 Å². The fraction of sp³-hybridized carbons (Fsp3) is 0.211. The summed E-state index contributed by atoms with van der Waals surface area (Å²) in [4.78, 5) is 26.1. The largest absolute Gasteiger partial charge is 0.452 e. The van der Waals surface area contributed by atoms with Crippen LogP contribution in [0.4, 0.5) is 5.69 Å². The predicted octanol–water partition coefficient (Wildman–Crippen LogP) is 4.41. The maximum atomic E-state index is 12.5. The third-order valence-electron chi connectivity index (χ3n) is 3.57. The van der Waals surface area contributed by atoms with Crippen LogP contribution >= 0.6 is 23.2 Å². The molecule has 26 heavy (non-hydrogen) atoms. The van der Waals surface area contributed by atoms with Crippen molar-refractivity contribution < 1.29 is 14.3 Å². The second-order valence-corrected chi connectivity index (χ2v) is 6.33. The highest BCUT2D eigenvalue weighted by Crippen LogP contribution is 2.22. The van der Waals surface area contributed by atoms with Gasteiger partial charge >= 0.3 is 5.97 Å². The van der Waals surface area contributed by atoms with Gasteiger partial charge in [-0.3, -0.25) is 4.79 Å². The molecule has 2 aromatic rings. The van der Waals surface area contributed by atoms with E-state index in [1.807, 2.05) is 25.1 Å². The van der Waals surface area contributed by atoms with E-state index in [0.717, 1.165) is 5.56 Å². The molecule has 0 aliphatic heterocycles. The summed E-state index contributed by atoms with van der Waals surface area (Å²) in [6, 6.07) is 13.7. The molecular formula is C19H16Cl2N2O3. The minimum atomic E-state index is -0.741. The van der Waals surface area contributed by atoms with Gasteiger partial charge in [0.05, 0.1) is 23.1 Å². The number of carbonyl (C=O) groups is 2. The summed E-state index contributed by atoms with van der Waals surface area (Å²) < 4.78 is 5.08. The van der Waals surface area contributed by atoms with Crippen molar-refractivity contribution in [1.29, 1.82) is 5.26 Å². The van der Waals surface area contributed by atoms with Gasteiger partial charge in [-0.1, -0.05) is 40.9 Å². The molecule has 0 aromatic heterocycles. The van der Waals surface area contributed by atoms with Crippen LogP contribution in [-0.2, 0) is 9.53 Å². The molecule has 5 nitrogen and oxygen atoms in total. The number of halogens is 2. The summed E-state index contributed by atoms with van der Waals surface area (Å²) in [5.41, 5.74) is 1.77. The van der Waals surface area contributed by atoms with Crippen molar-refractivity contribution in [3.63, 3.8) is 0 Å². The molecule has 0 spiro atoms. The Hall–Kier alpha value is -2.55. The molecule has 134 valence electrons. The molecule has 0 unspecified atom stereocenters. The van der Waals surface area contributed by atoms with E-state index in [1.165, 1.54) is 17.0 Å². The first-order valence-electron chi connectivity index (χ1n) is 7.78. The van der Waals surface area contributed by atoms with Gasteiger partial charge in [0, 0.05) is 17.3 Å². The fourth-order valence-corrected chi connectivity index (χ4v) is 2.59. The van der Waals surface area contributed by atoms with Crippen LogP contribution in [-0.4, -0.2) is 25.0 Å². The van der Waals surface area contributed by atoms with E-state index in [0.29, 0.717) is 10.7 Å². The van der Waals surface area contributed by atoms with E-state index in [9.17, 15) is 9.59 Å². The topological polar surface area (TPSA) is 70.4 Å². The Bertz CT molecular complexity index is 845. The standard InChI is InChI=1S/C19H16Cl2N2O3/c1-13-3-6-15(7-4-13)23(10-2-9-22)18(24)12-26-19(25)16-11-14(20)5-8-17(16)21/h3-8,11H,2,10,12H2,1H3. The molecule has 0 N–H and O–H groups in total. The van der Waals surface area contributed by atoms with Crippen LogP contribution < -0.4 is 4.90 Å². The quantitative estimate of drug-likeness (QED) is 0.685. The Morgan fingerprint density at radius 2 is 1.85 bits per heavy atom. The summed E-state index contributed by atoms with van der Waals surface area (Å²) >= 11 is 11.8. The Balaban J connectivity index is 2.09. The molecule has 2 rings (SSSR count). The predicted molar refractivity (Wildman–Crippen MR) is 101 cm³/mol. The Kier molecular flexibility index (Phi) is 7.02. The van der Waals surface area contributed by atoms with E-state index in [4.69, 9.17) is 33.2 Å². The first-order chi connectivity index (χ1) is 12.4. The number of benzene rings is 2. The normalized spacial score (nSPS) is 10.1. The van der Waals surface area contributed by atoms with Crippen LogP contribution in [0, 0.1) is 18.3 Å². The van der Waals surface area contributed by atoms with E-state index in [2.05, 4.69) is 0 Å². The number of nitriles is 1. The van der Waals surface area contributed by atoms with Crippen molar-refractivity contribution in [2.45, 2.75) is 13.3 Å². The Morgan fingerprint density at radius 1 is 1.15 bits per heavy atom. The smallest absolute Gasteiger partial charge is 0.340 e. The van der Waals surface area contributed by atoms with Gasteiger partial charge in [0.25, 0.3) is 5.91 Å². The van der Waals surface area contributed by atoms with Crippen LogP contribution in [0.15, 0.2) is 42.5 Å². The number of ether oxygens (including phenoxy) is 1. The van der Waals surface area contributed by atoms with Gasteiger partial charge < -0.3 is 9.64 Å². The number of esters is 1. The molecule has 0 aliphatic rings. The number of hydrogen-bond acceptors (Lipinski definition) is 4. The zero-order chi connectivity index (χ0) is 19.1. The lowest BCUT2D eigenvalue weighted by atomic mass is 10.2. The SMILES string of the molecule is Cc1ccc(N(CCC#N)C(=O)COC(=O)c2cc(Cl)ccc2Cl)cc1. The van der Waals surface area contributed by atoms with Crippen LogP contribution in [0.3, 0.4) is 0 Å². The lowest BCUT2D eigenvalue weighted by molar-refractivity contribution is -0.121. The molecule has 7 heteroatoms. The summed E-state index contributed by atoms with van der Waals surface area (Å²) in [5.74, 6) is -1.18. The van der Waals surface area contributed by atoms with Crippen molar-refractivity contribution in [1.82, 2.24) is 0 Å². The maximum absolute atomic E-state index is 12.5. The number of carbonyl (C=O) groups excluding carboxylic acids is 2. The number of nitrogens with zero attached hydrogens (tertiary/aromatic N) is 2. The molecule has 2 aromatic carbocycles. The zero-order valence-electron chi connectivity index (χ0n) is 14.0. The zero-order valence-corrected chi connectivity index (χ0v) is 15.5. The van der Waals surface area contributed by atoms with E-state index < -0.39 is 18.5 Å². The second kappa shape index (κ2) is 9.23. The molecule has 1 amide bonds. The third kappa shape index (κ3) is 5.22. The van der Waals surface area contributed by atoms with Crippen LogP contribution in [0.25, 0.3) is 0 Å². The lowest BCUT2D eigenvalue weighted by Gasteiger charge is -2.22. The summed E-state index contributed by atoms with van der Waals surface area (Å²) in [5, 5.41) is 9.33. The van der Waals surface area contributed by atoms with Crippen molar-refractivity contribution in [2.75, 3.05) is 18.1 Å². The van der Waals surface area contributed by atoms with Crippen LogP contribution in [0.2, 0.25) is 10.0 Å². The lowest BCUT2D eigenvalue weighted by Crippen LogP contribution is -2.35. The summed E-state index contributed by atoms with van der Waals surface area (Å²) in [6.07, 6.45) is 0.160. The first kappa shape index (κ1) is 19.8. The van der Waals surface area contributed by atoms with E-state index >= 15 is 0 Å². The van der Waals surface area contributed by atoms with Crippen molar-refractivity contribution in [3.05, 3.63) is 63.6 Å². The highest BCUT2D eigenvalue weighted by molar-refractivity contribution is 6.35. The minimum Gasteiger partial charge on any atom is -0.452 e. The van der Waals surface area contributed by atoms with Crippen LogP contribution in [0.5, 0.6) is 0 Å². The maximum Gasteiger partial charge on any atom is 0.340 e. The van der Waals surface area contributed by atoms with Gasteiger partial charge in [-0.25, -0.2) is 4.79 Å². The molecule has 0 saturated carbocycles. The number of amides is 1. The van der Waals surface area contributed by atoms with Gasteiger partial charge in [0.15, 0.2) is 6.61 Å². The Morgan fingerprint density at radius 3 is 2.50 bits per heavy atom. The molecule has 0 saturated heterocycles. The molecule has 0 bridgehead atoms. The minimum absolute atomic E-state index is 0.0888. The monoisotopic (exact) mass is 390 g/mol. The van der Waals surface area contributed by atoms with Gasteiger partial charge in [0.1, 0.15) is 0 Å². The third-order valence-corrected chi connectivity index (χ3v) is 4.13. The van der Waals surface area contributed by atoms with Crippen molar-refractivity contribution in [3.8, 4) is 6.07 Å². The second-order valence-electron chi connectivity index (χ2n) is 5.49. The van der Waals surface area contributed by atoms with Crippen LogP contribution in [0.1, 0.15) is 22.3 Å². The van der Waals surface area contributed by atoms with Gasteiger partial charge in [-0.05, 0) is 37.3 Å². The van der Waals surface area contributed by atoms with Crippen molar-refractivity contribution in [2.24, 2.45) is 0 Å². The molecule has 0 heterocycles. The molecule has 0 atom stereocenters. The van der Waals surface area contributed by atoms with E-state index in [1.54, 1.807) is 18.2 Å². The number of rotatable bonds is 6. The number of aryl methyl sites for hydroxylation is 1. The van der Waals surface area contributed by atoms with Gasteiger partial charge in [-0.15, -0.1) is 0 Å². The number of anilines is 1. The highest BCUT2D eigenvalue weighted by Gasteiger charge is 2.19. The highest BCUT2D eigenvalue weighted by atomic mass is 35.5. The average Bonchev–Trinajstić information content (AvgIpc) is 2.63. The summed E-state index contributed by atoms with van der Waals surface area (Å²) in [6.45, 7) is 1.66. The molecule has 0 aliphatic carbocycles. The fourth-order valence-electron chi connectivity index (χ4n) is 2.22. The van der Waals surface area contributed by atoms with Gasteiger partial charge in [0.2, 0.25) is 0 Å². The molecule has 0 fully saturated rings. The Labute approximate surface area is 161 Å². The number of hydrogen-bond donors (Lipinski definition) is 0. The summed E-state index contributed by atoms with van der Waals surface area (Å²) in [7, 11) is 0. The first-order valence-corrected chi connectivity index (χ1v) is 8.54. The molecular weight excluding hydrogens is 375 g/mol. The van der Waals surface area contributed by atoms with E-state index in [-0.39, 0.29) is 23.6 Å².